The van der Waals surface area contributed by atoms with Crippen LogP contribution in [0.25, 0.3) is 0 Å². The largest absolute Gasteiger partial charge is 0.478 e. The summed E-state index contributed by atoms with van der Waals surface area (Å²) in [5.74, 6) is -1.18. The quantitative estimate of drug-likeness (QED) is 0.657. The van der Waals surface area contributed by atoms with Gasteiger partial charge in [-0.25, -0.2) is 13.2 Å². The van der Waals surface area contributed by atoms with Crippen molar-refractivity contribution >= 4 is 15.8 Å². The van der Waals surface area contributed by atoms with E-state index in [0.29, 0.717) is 12.8 Å². The first kappa shape index (κ1) is 17.2. The third-order valence-corrected chi connectivity index (χ3v) is 4.99. The van der Waals surface area contributed by atoms with Crippen LogP contribution in [0.15, 0.2) is 11.0 Å². The molecule has 0 aromatic carbocycles. The normalized spacial score (nSPS) is 13.0. The van der Waals surface area contributed by atoms with E-state index in [1.807, 2.05) is 13.8 Å². The number of hydrogen-bond donors (Lipinski definition) is 1. The molecule has 0 aliphatic heterocycles. The van der Waals surface area contributed by atoms with Crippen LogP contribution >= 0.6 is 0 Å². The van der Waals surface area contributed by atoms with Crippen molar-refractivity contribution in [3.8, 4) is 0 Å². The van der Waals surface area contributed by atoms with Crippen LogP contribution in [-0.2, 0) is 14.6 Å². The van der Waals surface area contributed by atoms with Crippen molar-refractivity contribution in [2.45, 2.75) is 64.5 Å². The fourth-order valence-corrected chi connectivity index (χ4v) is 3.51. The fourth-order valence-electron chi connectivity index (χ4n) is 1.73. The molecule has 0 saturated carbocycles. The average Bonchev–Trinajstić information content (AvgIpc) is 2.28. The van der Waals surface area contributed by atoms with Crippen molar-refractivity contribution in [3.05, 3.63) is 11.0 Å². The highest BCUT2D eigenvalue weighted by atomic mass is 32.2. The lowest BCUT2D eigenvalue weighted by molar-refractivity contribution is -0.132. The van der Waals surface area contributed by atoms with Gasteiger partial charge in [-0.3, -0.25) is 0 Å². The van der Waals surface area contributed by atoms with E-state index in [9.17, 15) is 13.2 Å². The lowest BCUT2D eigenvalue weighted by atomic mass is 10.1. The number of carboxylic acids is 1. The smallest absolute Gasteiger partial charge is 0.331 e. The Morgan fingerprint density at radius 3 is 1.94 bits per heavy atom. The summed E-state index contributed by atoms with van der Waals surface area (Å²) in [6, 6.07) is 0. The first-order valence-electron chi connectivity index (χ1n) is 6.50. The highest BCUT2D eigenvalue weighted by Gasteiger charge is 2.23. The molecule has 0 radical (unpaired) electrons. The van der Waals surface area contributed by atoms with Gasteiger partial charge >= 0.3 is 5.97 Å². The molecule has 0 atom stereocenters. The van der Waals surface area contributed by atoms with Gasteiger partial charge in [-0.05, 0) is 19.8 Å². The Hall–Kier alpha value is -0.840. The standard InChI is InChI=1S/C13H24O4S/c1-4-6-8-12(9-7-5-2)18(16,17)10-11(3)13(14)15/h10,12H,4-9H2,1-3H3,(H,14,15). The monoisotopic (exact) mass is 276 g/mol. The Morgan fingerprint density at radius 2 is 1.61 bits per heavy atom. The van der Waals surface area contributed by atoms with Gasteiger partial charge in [-0.2, -0.15) is 0 Å². The lowest BCUT2D eigenvalue weighted by Crippen LogP contribution is -2.20. The Balaban J connectivity index is 4.95. The Morgan fingerprint density at radius 1 is 1.17 bits per heavy atom. The number of sulfone groups is 1. The Labute approximate surface area is 110 Å². The number of rotatable bonds is 9. The van der Waals surface area contributed by atoms with Crippen LogP contribution in [0.5, 0.6) is 0 Å². The van der Waals surface area contributed by atoms with Gasteiger partial charge in [0, 0.05) is 11.0 Å². The van der Waals surface area contributed by atoms with Gasteiger partial charge in [0.05, 0.1) is 5.25 Å². The van der Waals surface area contributed by atoms with E-state index in [2.05, 4.69) is 0 Å². The fraction of sp³-hybridized carbons (Fsp3) is 0.769. The van der Waals surface area contributed by atoms with Crippen LogP contribution in [0.2, 0.25) is 0 Å². The second-order valence-electron chi connectivity index (χ2n) is 4.60. The van der Waals surface area contributed by atoms with Crippen molar-refractivity contribution in [2.75, 3.05) is 0 Å². The van der Waals surface area contributed by atoms with Gasteiger partial charge in [-0.1, -0.05) is 39.5 Å². The third kappa shape index (κ3) is 6.19. The highest BCUT2D eigenvalue weighted by Crippen LogP contribution is 2.19. The van der Waals surface area contributed by atoms with Gasteiger partial charge < -0.3 is 5.11 Å². The van der Waals surface area contributed by atoms with Crippen LogP contribution in [0, 0.1) is 0 Å². The number of hydrogen-bond acceptors (Lipinski definition) is 3. The number of aliphatic carboxylic acids is 1. The molecule has 0 aromatic heterocycles. The van der Waals surface area contributed by atoms with Crippen LogP contribution in [0.3, 0.4) is 0 Å². The van der Waals surface area contributed by atoms with Crippen LogP contribution in [0.1, 0.15) is 59.3 Å². The topological polar surface area (TPSA) is 71.4 Å². The molecule has 0 aliphatic carbocycles. The predicted molar refractivity (Wildman–Crippen MR) is 73.2 cm³/mol. The van der Waals surface area contributed by atoms with Crippen LogP contribution in [-0.4, -0.2) is 24.7 Å². The highest BCUT2D eigenvalue weighted by molar-refractivity contribution is 7.94. The van der Waals surface area contributed by atoms with E-state index in [4.69, 9.17) is 5.11 Å². The molecule has 0 aliphatic rings. The molecule has 18 heavy (non-hydrogen) atoms. The average molecular weight is 276 g/mol. The minimum Gasteiger partial charge on any atom is -0.478 e. The zero-order chi connectivity index (χ0) is 14.2. The maximum absolute atomic E-state index is 12.1. The summed E-state index contributed by atoms with van der Waals surface area (Å²) in [6.07, 6.45) is 4.82. The summed E-state index contributed by atoms with van der Waals surface area (Å²) in [4.78, 5) is 10.7. The number of unbranched alkanes of at least 4 members (excludes halogenated alkanes) is 2. The lowest BCUT2D eigenvalue weighted by Gasteiger charge is -2.15. The molecule has 0 fully saturated rings. The van der Waals surface area contributed by atoms with Gasteiger partial charge in [-0.15, -0.1) is 0 Å². The van der Waals surface area contributed by atoms with Gasteiger partial charge in [0.15, 0.2) is 9.84 Å². The molecule has 0 aromatic rings. The van der Waals surface area contributed by atoms with E-state index in [1.165, 1.54) is 6.92 Å². The molecule has 106 valence electrons. The summed E-state index contributed by atoms with van der Waals surface area (Å²) in [5, 5.41) is 9.23. The third-order valence-electron chi connectivity index (χ3n) is 2.90. The zero-order valence-corrected chi connectivity index (χ0v) is 12.3. The van der Waals surface area contributed by atoms with Gasteiger partial charge in [0.25, 0.3) is 0 Å². The van der Waals surface area contributed by atoms with E-state index in [1.54, 1.807) is 0 Å². The van der Waals surface area contributed by atoms with Crippen molar-refractivity contribution in [3.63, 3.8) is 0 Å². The molecule has 0 amide bonds. The van der Waals surface area contributed by atoms with Crippen molar-refractivity contribution in [2.24, 2.45) is 0 Å². The minimum atomic E-state index is -3.45. The summed E-state index contributed by atoms with van der Waals surface area (Å²) < 4.78 is 24.2. The molecule has 0 bridgehead atoms. The zero-order valence-electron chi connectivity index (χ0n) is 11.5. The predicted octanol–water partition coefficient (Wildman–Crippen LogP) is 3.14. The first-order valence-corrected chi connectivity index (χ1v) is 8.11. The molecule has 0 unspecified atom stereocenters. The number of carbonyl (C=O) groups is 1. The maximum Gasteiger partial charge on any atom is 0.331 e. The summed E-state index contributed by atoms with van der Waals surface area (Å²) in [6.45, 7) is 5.35. The molecule has 0 saturated heterocycles. The van der Waals surface area contributed by atoms with Crippen molar-refractivity contribution in [1.82, 2.24) is 0 Å². The SMILES string of the molecule is CCCCC(CCCC)S(=O)(=O)C=C(C)C(=O)O. The molecule has 0 heterocycles. The maximum atomic E-state index is 12.1. The molecule has 5 heteroatoms. The van der Waals surface area contributed by atoms with E-state index in [0.717, 1.165) is 31.1 Å². The number of carboxylic acid groups (broad SMARTS) is 1. The second-order valence-corrected chi connectivity index (χ2v) is 6.68. The van der Waals surface area contributed by atoms with Gasteiger partial charge in [0.2, 0.25) is 0 Å². The molecule has 4 nitrogen and oxygen atoms in total. The Bertz CT molecular complexity index is 374. The van der Waals surface area contributed by atoms with E-state index >= 15 is 0 Å². The minimum absolute atomic E-state index is 0.118. The molecule has 0 spiro atoms. The van der Waals surface area contributed by atoms with E-state index in [-0.39, 0.29) is 5.57 Å². The van der Waals surface area contributed by atoms with Crippen molar-refractivity contribution < 1.29 is 18.3 Å². The molecular formula is C13H24O4S. The second kappa shape index (κ2) is 8.29. The summed E-state index contributed by atoms with van der Waals surface area (Å²) in [5.41, 5.74) is -0.118. The van der Waals surface area contributed by atoms with Crippen LogP contribution < -0.4 is 0 Å². The van der Waals surface area contributed by atoms with E-state index < -0.39 is 21.1 Å². The van der Waals surface area contributed by atoms with Crippen LogP contribution in [0.4, 0.5) is 0 Å². The van der Waals surface area contributed by atoms with Gasteiger partial charge in [0.1, 0.15) is 0 Å². The molecule has 1 N–H and O–H groups in total. The first-order chi connectivity index (χ1) is 8.35. The summed E-state index contributed by atoms with van der Waals surface area (Å²) >= 11 is 0. The van der Waals surface area contributed by atoms with Crippen molar-refractivity contribution in [1.29, 1.82) is 0 Å². The summed E-state index contributed by atoms with van der Waals surface area (Å²) in [7, 11) is -3.45. The Kier molecular flexibility index (Phi) is 7.91. The molecular weight excluding hydrogens is 252 g/mol. The molecule has 0 rings (SSSR count).